The molecule has 12 heavy (non-hydrogen) atoms. The van der Waals surface area contributed by atoms with Crippen molar-refractivity contribution in [3.63, 3.8) is 0 Å². The van der Waals surface area contributed by atoms with Gasteiger partial charge < -0.3 is 0 Å². The lowest BCUT2D eigenvalue weighted by atomic mass is 10.3. The van der Waals surface area contributed by atoms with Gasteiger partial charge in [-0.2, -0.15) is 13.5 Å². The van der Waals surface area contributed by atoms with Gasteiger partial charge in [0.05, 0.1) is 5.69 Å². The molecule has 2 N–H and O–H groups in total. The molecule has 0 spiro atoms. The van der Waals surface area contributed by atoms with E-state index in [1.165, 1.54) is 0 Å². The van der Waals surface area contributed by atoms with E-state index >= 15 is 0 Å². The largest absolute Gasteiger partial charge is 0.334 e. The Morgan fingerprint density at radius 3 is 2.33 bits per heavy atom. The number of benzene rings is 1. The minimum atomic E-state index is -2.52. The van der Waals surface area contributed by atoms with Crippen LogP contribution in [-0.2, 0) is 10.5 Å². The first kappa shape index (κ1) is 8.69. The number of nitrogens with zero attached hydrogens (tertiary/aromatic N) is 2. The molecule has 0 heterocycles. The molecule has 0 bridgehead atoms. The molecule has 64 valence electrons. The van der Waals surface area contributed by atoms with Crippen LogP contribution in [0.2, 0.25) is 0 Å². The van der Waals surface area contributed by atoms with Gasteiger partial charge in [0.15, 0.2) is 0 Å². The zero-order valence-electron chi connectivity index (χ0n) is 6.08. The summed E-state index contributed by atoms with van der Waals surface area (Å²) in [7, 11) is -2.52. The van der Waals surface area contributed by atoms with E-state index in [0.29, 0.717) is 5.69 Å². The second-order valence-corrected chi connectivity index (χ2v) is 2.58. The van der Waals surface area contributed by atoms with Crippen LogP contribution < -0.4 is 11.0 Å². The lowest BCUT2D eigenvalue weighted by Gasteiger charge is -2.07. The van der Waals surface area contributed by atoms with E-state index in [-0.39, 0.29) is 0 Å². The van der Waals surface area contributed by atoms with Gasteiger partial charge in [-0.25, -0.2) is 5.84 Å². The quantitative estimate of drug-likeness (QED) is 0.532. The van der Waals surface area contributed by atoms with Crippen LogP contribution in [0, 0.1) is 0 Å². The summed E-state index contributed by atoms with van der Waals surface area (Å²) in [5.74, 6) is 5.27. The number of para-hydroxylation sites is 1. The molecule has 0 aliphatic rings. The van der Waals surface area contributed by atoms with Crippen molar-refractivity contribution in [1.29, 1.82) is 0 Å². The predicted octanol–water partition coefficient (Wildman–Crippen LogP) is 0.344. The Morgan fingerprint density at radius 1 is 1.25 bits per heavy atom. The average molecular weight is 185 g/mol. The first-order chi connectivity index (χ1) is 5.70. The highest BCUT2D eigenvalue weighted by Gasteiger charge is 1.95. The number of anilines is 1. The summed E-state index contributed by atoms with van der Waals surface area (Å²) in [5.41, 5.74) is 0.515. The molecule has 6 heteroatoms. The van der Waals surface area contributed by atoms with Crippen LogP contribution in [0.4, 0.5) is 5.69 Å². The Labute approximate surface area is 71.1 Å². The zero-order valence-corrected chi connectivity index (χ0v) is 6.90. The summed E-state index contributed by atoms with van der Waals surface area (Å²) < 4.78 is 23.3. The van der Waals surface area contributed by atoms with E-state index in [2.05, 4.69) is 4.47 Å². The number of hydrazine groups is 1. The van der Waals surface area contributed by atoms with Crippen LogP contribution in [0.3, 0.4) is 0 Å². The monoisotopic (exact) mass is 185 g/mol. The molecule has 1 aromatic rings. The summed E-state index contributed by atoms with van der Waals surface area (Å²) >= 11 is 0. The first-order valence-electron chi connectivity index (χ1n) is 3.11. The van der Waals surface area contributed by atoms with Crippen LogP contribution in [-0.4, -0.2) is 8.42 Å². The lowest BCUT2D eigenvalue weighted by Crippen LogP contribution is -2.23. The van der Waals surface area contributed by atoms with E-state index in [4.69, 9.17) is 5.84 Å². The van der Waals surface area contributed by atoms with Gasteiger partial charge in [-0.1, -0.05) is 18.2 Å². The molecule has 0 fully saturated rings. The molecule has 0 saturated carbocycles. The van der Waals surface area contributed by atoms with Crippen molar-refractivity contribution in [2.24, 2.45) is 10.3 Å². The molecular formula is C6H7N3O2S. The molecule has 0 aliphatic carbocycles. The molecule has 0 aromatic heterocycles. The first-order valence-corrected chi connectivity index (χ1v) is 4.14. The second-order valence-electron chi connectivity index (χ2n) is 1.98. The maximum Gasteiger partial charge on any atom is 0.334 e. The van der Waals surface area contributed by atoms with Crippen LogP contribution in [0.1, 0.15) is 0 Å². The third-order valence-corrected chi connectivity index (χ3v) is 1.48. The van der Waals surface area contributed by atoms with E-state index in [1.54, 1.807) is 30.3 Å². The predicted molar refractivity (Wildman–Crippen MR) is 44.5 cm³/mol. The summed E-state index contributed by atoms with van der Waals surface area (Å²) in [5, 5.41) is 0.795. The molecule has 0 unspecified atom stereocenters. The highest BCUT2D eigenvalue weighted by molar-refractivity contribution is 7.61. The smallest absolute Gasteiger partial charge is 0.225 e. The van der Waals surface area contributed by atoms with Crippen molar-refractivity contribution in [3.05, 3.63) is 30.3 Å². The number of hydrogen-bond donors (Lipinski definition) is 1. The fraction of sp³-hybridized carbons (Fsp3) is 0. The van der Waals surface area contributed by atoms with Gasteiger partial charge in [0.25, 0.3) is 0 Å². The lowest BCUT2D eigenvalue weighted by molar-refractivity contribution is 0.619. The Morgan fingerprint density at radius 2 is 1.83 bits per heavy atom. The van der Waals surface area contributed by atoms with Gasteiger partial charge >= 0.3 is 10.5 Å². The van der Waals surface area contributed by atoms with Gasteiger partial charge in [0.2, 0.25) is 0 Å². The van der Waals surface area contributed by atoms with Crippen molar-refractivity contribution in [3.8, 4) is 0 Å². The molecular weight excluding hydrogens is 178 g/mol. The Balaban J connectivity index is 2.93. The standard InChI is InChI=1S/C6H7N3O2S/c7-9(8-12(10)11)6-4-2-1-3-5-6/h1-5H,7H2. The molecule has 1 aromatic carbocycles. The maximum absolute atomic E-state index is 10.1. The van der Waals surface area contributed by atoms with E-state index in [9.17, 15) is 8.42 Å². The number of rotatable bonds is 2. The summed E-state index contributed by atoms with van der Waals surface area (Å²) in [6, 6.07) is 8.56. The fourth-order valence-corrected chi connectivity index (χ4v) is 0.938. The minimum Gasteiger partial charge on any atom is -0.225 e. The van der Waals surface area contributed by atoms with Gasteiger partial charge in [0.1, 0.15) is 0 Å². The van der Waals surface area contributed by atoms with Crippen molar-refractivity contribution in [2.45, 2.75) is 0 Å². The van der Waals surface area contributed by atoms with Crippen LogP contribution in [0.15, 0.2) is 34.8 Å². The van der Waals surface area contributed by atoms with E-state index in [0.717, 1.165) is 5.12 Å². The second kappa shape index (κ2) is 3.84. The molecule has 0 radical (unpaired) electrons. The Hall–Kier alpha value is -1.40. The van der Waals surface area contributed by atoms with E-state index in [1.807, 2.05) is 0 Å². The van der Waals surface area contributed by atoms with E-state index < -0.39 is 10.5 Å². The van der Waals surface area contributed by atoms with Crippen molar-refractivity contribution in [2.75, 3.05) is 5.12 Å². The van der Waals surface area contributed by atoms with Crippen LogP contribution in [0.25, 0.3) is 0 Å². The van der Waals surface area contributed by atoms with Gasteiger partial charge in [0, 0.05) is 0 Å². The van der Waals surface area contributed by atoms with Crippen LogP contribution in [0.5, 0.6) is 0 Å². The molecule has 0 atom stereocenters. The minimum absolute atomic E-state index is 0.515. The third kappa shape index (κ3) is 2.33. The maximum atomic E-state index is 10.1. The normalized spacial score (nSPS) is 9.08. The van der Waals surface area contributed by atoms with Gasteiger partial charge in [-0.3, -0.25) is 0 Å². The average Bonchev–Trinajstić information content (AvgIpc) is 2.05. The van der Waals surface area contributed by atoms with Crippen molar-refractivity contribution in [1.82, 2.24) is 0 Å². The highest BCUT2D eigenvalue weighted by atomic mass is 32.2. The number of nitrogens with two attached hydrogens (primary N) is 1. The number of hydrogen-bond acceptors (Lipinski definition) is 4. The van der Waals surface area contributed by atoms with Crippen molar-refractivity contribution >= 4 is 16.2 Å². The molecule has 1 rings (SSSR count). The molecule has 0 saturated heterocycles. The Kier molecular flexibility index (Phi) is 2.78. The summed E-state index contributed by atoms with van der Waals surface area (Å²) in [4.78, 5) is 0. The van der Waals surface area contributed by atoms with Crippen LogP contribution >= 0.6 is 0 Å². The Bertz CT molecular complexity index is 365. The van der Waals surface area contributed by atoms with Gasteiger partial charge in [-0.15, -0.1) is 0 Å². The molecule has 5 nitrogen and oxygen atoms in total. The van der Waals surface area contributed by atoms with Gasteiger partial charge in [-0.05, 0) is 16.6 Å². The fourth-order valence-electron chi connectivity index (χ4n) is 0.700. The highest BCUT2D eigenvalue weighted by Crippen LogP contribution is 2.08. The zero-order chi connectivity index (χ0) is 8.97. The topological polar surface area (TPSA) is 75.8 Å². The summed E-state index contributed by atoms with van der Waals surface area (Å²) in [6.07, 6.45) is 0. The SMILES string of the molecule is NN(N=S(=O)=O)c1ccccc1. The third-order valence-electron chi connectivity index (χ3n) is 1.18. The van der Waals surface area contributed by atoms with Crippen molar-refractivity contribution < 1.29 is 8.42 Å². The molecule has 0 amide bonds. The summed E-state index contributed by atoms with van der Waals surface area (Å²) in [6.45, 7) is 0. The molecule has 0 aliphatic heterocycles.